The fourth-order valence-electron chi connectivity index (χ4n) is 1.60. The van der Waals surface area contributed by atoms with Gasteiger partial charge in [0.15, 0.2) is 6.29 Å². The Hall–Kier alpha value is -1.38. The zero-order valence-corrected chi connectivity index (χ0v) is 9.09. The lowest BCUT2D eigenvalue weighted by atomic mass is 9.97. The Labute approximate surface area is 96.6 Å². The van der Waals surface area contributed by atoms with E-state index in [0.29, 0.717) is 0 Å². The highest BCUT2D eigenvalue weighted by atomic mass is 16.6. The van der Waals surface area contributed by atoms with E-state index in [0.717, 1.165) is 0 Å². The Morgan fingerprint density at radius 2 is 2.12 bits per heavy atom. The van der Waals surface area contributed by atoms with Crippen molar-refractivity contribution in [1.82, 2.24) is 5.32 Å². The number of nitrogens with one attached hydrogen (secondary N) is 1. The van der Waals surface area contributed by atoms with Gasteiger partial charge in [-0.05, 0) is 5.53 Å². The molecule has 1 fully saturated rings. The van der Waals surface area contributed by atoms with Gasteiger partial charge in [-0.1, -0.05) is 5.11 Å². The number of nitrogens with zero attached hydrogens (tertiary/aromatic N) is 3. The molecule has 3 unspecified atom stereocenters. The van der Waals surface area contributed by atoms with Crippen molar-refractivity contribution < 1.29 is 24.9 Å². The van der Waals surface area contributed by atoms with Crippen molar-refractivity contribution in [1.29, 1.82) is 0 Å². The maximum atomic E-state index is 10.8. The van der Waals surface area contributed by atoms with E-state index in [2.05, 4.69) is 15.3 Å². The highest BCUT2D eigenvalue weighted by Gasteiger charge is 2.43. The molecule has 0 aromatic heterocycles. The summed E-state index contributed by atoms with van der Waals surface area (Å²) >= 11 is 0. The molecule has 5 atom stereocenters. The largest absolute Gasteiger partial charge is 0.388 e. The number of carbonyl (C=O) groups is 1. The molecule has 0 saturated carbocycles. The van der Waals surface area contributed by atoms with Gasteiger partial charge in [0.05, 0.1) is 12.6 Å². The SMILES string of the molecule is CC(=O)NC1C(O)[C@H](O)C(CN=[N+]=[N-])O[C@H]1O. The summed E-state index contributed by atoms with van der Waals surface area (Å²) in [5.41, 5.74) is 8.13. The first-order valence-corrected chi connectivity index (χ1v) is 4.95. The molecule has 1 saturated heterocycles. The number of hydrogen-bond donors (Lipinski definition) is 4. The third kappa shape index (κ3) is 3.29. The van der Waals surface area contributed by atoms with E-state index in [1.807, 2.05) is 0 Å². The minimum Gasteiger partial charge on any atom is -0.388 e. The van der Waals surface area contributed by atoms with Gasteiger partial charge in [-0.3, -0.25) is 4.79 Å². The quantitative estimate of drug-likeness (QED) is 0.264. The number of amides is 1. The van der Waals surface area contributed by atoms with Crippen molar-refractivity contribution in [3.05, 3.63) is 10.4 Å². The lowest BCUT2D eigenvalue weighted by Crippen LogP contribution is -2.63. The van der Waals surface area contributed by atoms with Crippen molar-refractivity contribution in [2.45, 2.75) is 37.6 Å². The molecule has 1 aliphatic rings. The minimum absolute atomic E-state index is 0.224. The molecule has 1 amide bonds. The van der Waals surface area contributed by atoms with E-state index in [9.17, 15) is 20.1 Å². The maximum absolute atomic E-state index is 10.8. The number of hydrogen-bond acceptors (Lipinski definition) is 6. The topological polar surface area (TPSA) is 148 Å². The molecule has 4 N–H and O–H groups in total. The highest BCUT2D eigenvalue weighted by Crippen LogP contribution is 2.20. The van der Waals surface area contributed by atoms with E-state index in [-0.39, 0.29) is 6.54 Å². The predicted molar refractivity (Wildman–Crippen MR) is 54.5 cm³/mol. The number of rotatable bonds is 3. The summed E-state index contributed by atoms with van der Waals surface area (Å²) in [6, 6.07) is -1.12. The number of azide groups is 1. The third-order valence-corrected chi connectivity index (χ3v) is 2.41. The number of carbonyl (C=O) groups excluding carboxylic acids is 1. The second-order valence-corrected chi connectivity index (χ2v) is 3.69. The van der Waals surface area contributed by atoms with E-state index in [1.165, 1.54) is 6.92 Å². The van der Waals surface area contributed by atoms with E-state index >= 15 is 0 Å². The molecule has 17 heavy (non-hydrogen) atoms. The van der Waals surface area contributed by atoms with Crippen LogP contribution < -0.4 is 5.32 Å². The van der Waals surface area contributed by atoms with Crippen LogP contribution in [0.25, 0.3) is 10.4 Å². The van der Waals surface area contributed by atoms with Crippen LogP contribution in [0.1, 0.15) is 6.92 Å². The van der Waals surface area contributed by atoms with Crippen LogP contribution in [0.4, 0.5) is 0 Å². The average Bonchev–Trinajstić information content (AvgIpc) is 2.27. The summed E-state index contributed by atoms with van der Waals surface area (Å²) in [5, 5.41) is 34.3. The van der Waals surface area contributed by atoms with E-state index in [4.69, 9.17) is 10.3 Å². The van der Waals surface area contributed by atoms with Crippen molar-refractivity contribution >= 4 is 5.91 Å². The fraction of sp³-hybridized carbons (Fsp3) is 0.875. The van der Waals surface area contributed by atoms with Crippen LogP contribution in [0.2, 0.25) is 0 Å². The fourth-order valence-corrected chi connectivity index (χ4v) is 1.60. The monoisotopic (exact) mass is 246 g/mol. The van der Waals surface area contributed by atoms with Gasteiger partial charge in [0.2, 0.25) is 5.91 Å². The molecule has 9 heteroatoms. The van der Waals surface area contributed by atoms with Gasteiger partial charge in [0.25, 0.3) is 0 Å². The first-order valence-electron chi connectivity index (χ1n) is 4.95. The number of ether oxygens (including phenoxy) is 1. The van der Waals surface area contributed by atoms with Gasteiger partial charge in [-0.25, -0.2) is 0 Å². The van der Waals surface area contributed by atoms with Crippen LogP contribution in [0, 0.1) is 0 Å². The highest BCUT2D eigenvalue weighted by molar-refractivity contribution is 5.73. The average molecular weight is 246 g/mol. The number of aliphatic hydroxyl groups excluding tert-OH is 3. The lowest BCUT2D eigenvalue weighted by molar-refractivity contribution is -0.244. The molecule has 0 aromatic rings. The zero-order valence-electron chi connectivity index (χ0n) is 9.09. The van der Waals surface area contributed by atoms with Gasteiger partial charge >= 0.3 is 0 Å². The van der Waals surface area contributed by atoms with Crippen LogP contribution in [-0.2, 0) is 9.53 Å². The van der Waals surface area contributed by atoms with Crippen LogP contribution in [-0.4, -0.2) is 58.4 Å². The first kappa shape index (κ1) is 13.7. The second-order valence-electron chi connectivity index (χ2n) is 3.69. The van der Waals surface area contributed by atoms with Gasteiger partial charge in [-0.2, -0.15) is 0 Å². The van der Waals surface area contributed by atoms with E-state index < -0.39 is 36.6 Å². The van der Waals surface area contributed by atoms with Crippen molar-refractivity contribution in [3.8, 4) is 0 Å². The van der Waals surface area contributed by atoms with Gasteiger partial charge in [0.1, 0.15) is 18.2 Å². The maximum Gasteiger partial charge on any atom is 0.217 e. The Bertz CT molecular complexity index is 332. The first-order chi connectivity index (χ1) is 7.97. The van der Waals surface area contributed by atoms with Gasteiger partial charge in [-0.15, -0.1) is 0 Å². The van der Waals surface area contributed by atoms with Crippen LogP contribution in [0.3, 0.4) is 0 Å². The summed E-state index contributed by atoms with van der Waals surface area (Å²) in [6.07, 6.45) is -5.25. The van der Waals surface area contributed by atoms with E-state index in [1.54, 1.807) is 0 Å². The third-order valence-electron chi connectivity index (χ3n) is 2.41. The number of aliphatic hydroxyl groups is 3. The molecule has 0 aromatic carbocycles. The van der Waals surface area contributed by atoms with Crippen LogP contribution in [0.5, 0.6) is 0 Å². The normalized spacial score (nSPS) is 37.1. The van der Waals surface area contributed by atoms with Crippen molar-refractivity contribution in [3.63, 3.8) is 0 Å². The predicted octanol–water partition coefficient (Wildman–Crippen LogP) is -1.76. The molecular weight excluding hydrogens is 232 g/mol. The molecule has 0 aliphatic carbocycles. The van der Waals surface area contributed by atoms with Crippen LogP contribution in [0.15, 0.2) is 5.11 Å². The second kappa shape index (κ2) is 5.80. The molecule has 9 nitrogen and oxygen atoms in total. The van der Waals surface area contributed by atoms with Crippen LogP contribution >= 0.6 is 0 Å². The minimum atomic E-state index is -1.48. The smallest absolute Gasteiger partial charge is 0.217 e. The summed E-state index contributed by atoms with van der Waals surface area (Å²) in [6.45, 7) is 0.983. The Kier molecular flexibility index (Phi) is 4.67. The molecule has 0 bridgehead atoms. The van der Waals surface area contributed by atoms with Gasteiger partial charge < -0.3 is 25.4 Å². The van der Waals surface area contributed by atoms with Gasteiger partial charge in [0, 0.05) is 11.8 Å². The van der Waals surface area contributed by atoms with Crippen molar-refractivity contribution in [2.24, 2.45) is 5.11 Å². The standard InChI is InChI=1S/C8H14N4O5/c1-3(13)11-5-7(15)6(14)4(2-10-12-9)17-8(5)16/h4-8,14-16H,2H2,1H3,(H,11,13)/t4?,5?,6-,7?,8-/m1/s1. The Balaban J connectivity index is 2.71. The molecular formula is C8H14N4O5. The van der Waals surface area contributed by atoms with Crippen molar-refractivity contribution in [2.75, 3.05) is 6.54 Å². The Morgan fingerprint density at radius 3 is 2.65 bits per heavy atom. The lowest BCUT2D eigenvalue weighted by Gasteiger charge is -2.40. The summed E-state index contributed by atoms with van der Waals surface area (Å²) in [7, 11) is 0. The summed E-state index contributed by atoms with van der Waals surface area (Å²) in [5.74, 6) is -0.475. The molecule has 96 valence electrons. The molecule has 1 rings (SSSR count). The summed E-state index contributed by atoms with van der Waals surface area (Å²) in [4.78, 5) is 13.3. The zero-order chi connectivity index (χ0) is 13.0. The summed E-state index contributed by atoms with van der Waals surface area (Å²) < 4.78 is 4.95. The Morgan fingerprint density at radius 1 is 1.47 bits per heavy atom. The molecule has 1 aliphatic heterocycles. The molecule has 0 spiro atoms. The molecule has 0 radical (unpaired) electrons. The molecule has 1 heterocycles.